The van der Waals surface area contributed by atoms with E-state index in [2.05, 4.69) is 0 Å². The number of allylic oxidation sites excluding steroid dienone is 1. The predicted octanol–water partition coefficient (Wildman–Crippen LogP) is 3.73. The molecule has 0 aliphatic heterocycles. The molecule has 15 heavy (non-hydrogen) atoms. The number of carbonyl (C=O) groups is 1. The van der Waals surface area contributed by atoms with Crippen LogP contribution in [0.25, 0.3) is 0 Å². The van der Waals surface area contributed by atoms with E-state index in [4.69, 9.17) is 0 Å². The summed E-state index contributed by atoms with van der Waals surface area (Å²) in [5, 5.41) is 0. The predicted molar refractivity (Wildman–Crippen MR) is 65.9 cm³/mol. The highest BCUT2D eigenvalue weighted by Crippen LogP contribution is 2.29. The number of rotatable bonds is 4. The third-order valence-corrected chi connectivity index (χ3v) is 3.89. The molecule has 0 spiro atoms. The van der Waals surface area contributed by atoms with Crippen LogP contribution in [0.15, 0.2) is 40.4 Å². The largest absolute Gasteiger partial charge is 0.286 e. The maximum Gasteiger partial charge on any atom is 0.223 e. The van der Waals surface area contributed by atoms with E-state index < -0.39 is 11.6 Å². The molecular weight excluding hydrogens is 231 g/mol. The highest BCUT2D eigenvalue weighted by atomic mass is 32.2. The molecule has 0 saturated heterocycles. The molecule has 80 valence electrons. The maximum absolute atomic E-state index is 13.6. The molecule has 0 aliphatic rings. The third kappa shape index (κ3) is 3.11. The zero-order valence-electron chi connectivity index (χ0n) is 8.49. The third-order valence-electron chi connectivity index (χ3n) is 1.79. The van der Waals surface area contributed by atoms with Gasteiger partial charge in [-0.2, -0.15) is 0 Å². The van der Waals surface area contributed by atoms with Crippen LogP contribution in [0.2, 0.25) is 0 Å². The summed E-state index contributed by atoms with van der Waals surface area (Å²) in [6.07, 6.45) is 3.51. The van der Waals surface area contributed by atoms with Gasteiger partial charge in [0.1, 0.15) is 0 Å². The van der Waals surface area contributed by atoms with Crippen molar-refractivity contribution in [3.05, 3.63) is 46.0 Å². The lowest BCUT2D eigenvalue weighted by Gasteiger charge is -2.02. The first-order valence-corrected chi connectivity index (χ1v) is 6.73. The lowest BCUT2D eigenvalue weighted by atomic mass is 10.1. The monoisotopic (exact) mass is 242 g/mol. The minimum Gasteiger partial charge on any atom is -0.286 e. The zero-order valence-corrected chi connectivity index (χ0v) is 10.1. The SMILES string of the molecule is CSC(SC)=C(F)C(=O)c1ccccc1. The van der Waals surface area contributed by atoms with E-state index >= 15 is 0 Å². The van der Waals surface area contributed by atoms with E-state index in [0.717, 1.165) is 0 Å². The van der Waals surface area contributed by atoms with Crippen LogP contribution in [0.4, 0.5) is 4.39 Å². The summed E-state index contributed by atoms with van der Waals surface area (Å²) >= 11 is 2.50. The van der Waals surface area contributed by atoms with Gasteiger partial charge in [-0.1, -0.05) is 30.3 Å². The molecule has 0 unspecified atom stereocenters. The number of carbonyl (C=O) groups excluding carboxylic acids is 1. The summed E-state index contributed by atoms with van der Waals surface area (Å²) in [7, 11) is 0. The Morgan fingerprint density at radius 1 is 1.13 bits per heavy atom. The summed E-state index contributed by atoms with van der Waals surface area (Å²) in [4.78, 5) is 11.6. The van der Waals surface area contributed by atoms with E-state index in [0.29, 0.717) is 9.80 Å². The van der Waals surface area contributed by atoms with Crippen LogP contribution in [0.1, 0.15) is 10.4 Å². The van der Waals surface area contributed by atoms with Crippen molar-refractivity contribution in [1.82, 2.24) is 0 Å². The summed E-state index contributed by atoms with van der Waals surface area (Å²) in [6.45, 7) is 0. The highest BCUT2D eigenvalue weighted by Gasteiger charge is 2.15. The van der Waals surface area contributed by atoms with Crippen molar-refractivity contribution in [1.29, 1.82) is 0 Å². The van der Waals surface area contributed by atoms with E-state index in [1.807, 2.05) is 0 Å². The quantitative estimate of drug-likeness (QED) is 0.591. The van der Waals surface area contributed by atoms with Gasteiger partial charge in [-0.05, 0) is 12.5 Å². The van der Waals surface area contributed by atoms with E-state index in [-0.39, 0.29) is 0 Å². The van der Waals surface area contributed by atoms with Crippen molar-refractivity contribution in [3.8, 4) is 0 Å². The molecule has 0 bridgehead atoms. The average Bonchev–Trinajstić information content (AvgIpc) is 2.30. The molecule has 1 rings (SSSR count). The second-order valence-corrected chi connectivity index (χ2v) is 4.60. The molecular formula is C11H11FOS2. The Morgan fingerprint density at radius 2 is 1.67 bits per heavy atom. The molecule has 1 nitrogen and oxygen atoms in total. The summed E-state index contributed by atoms with van der Waals surface area (Å²) in [5.41, 5.74) is 0.385. The van der Waals surface area contributed by atoms with Gasteiger partial charge < -0.3 is 0 Å². The lowest BCUT2D eigenvalue weighted by Crippen LogP contribution is -2.00. The number of hydrogen-bond acceptors (Lipinski definition) is 3. The first kappa shape index (κ1) is 12.3. The van der Waals surface area contributed by atoms with Crippen molar-refractivity contribution in [2.24, 2.45) is 0 Å². The maximum atomic E-state index is 13.6. The molecule has 1 aromatic rings. The lowest BCUT2D eigenvalue weighted by molar-refractivity contribution is 0.100. The Balaban J connectivity index is 3.00. The fraction of sp³-hybridized carbons (Fsp3) is 0.182. The average molecular weight is 242 g/mol. The number of hydrogen-bond donors (Lipinski definition) is 0. The van der Waals surface area contributed by atoms with Crippen molar-refractivity contribution in [2.75, 3.05) is 12.5 Å². The number of Topliss-reactive ketones (excluding diaryl/α,β-unsaturated/α-hetero) is 1. The van der Waals surface area contributed by atoms with Gasteiger partial charge in [-0.15, -0.1) is 23.5 Å². The van der Waals surface area contributed by atoms with Crippen molar-refractivity contribution in [2.45, 2.75) is 0 Å². The fourth-order valence-corrected chi connectivity index (χ4v) is 2.28. The Kier molecular flexibility index (Phi) is 4.91. The molecule has 0 N–H and O–H groups in total. The van der Waals surface area contributed by atoms with E-state index in [1.54, 1.807) is 42.8 Å². The van der Waals surface area contributed by atoms with Gasteiger partial charge >= 0.3 is 0 Å². The Morgan fingerprint density at radius 3 is 2.13 bits per heavy atom. The molecule has 0 radical (unpaired) electrons. The number of benzene rings is 1. The molecule has 4 heteroatoms. The second kappa shape index (κ2) is 5.98. The van der Waals surface area contributed by atoms with Gasteiger partial charge in [0.15, 0.2) is 5.83 Å². The number of thioether (sulfide) groups is 2. The van der Waals surface area contributed by atoms with Gasteiger partial charge in [0, 0.05) is 5.56 Å². The van der Waals surface area contributed by atoms with Crippen LogP contribution in [0.3, 0.4) is 0 Å². The molecule has 1 aromatic carbocycles. The molecule has 0 aromatic heterocycles. The molecule has 0 atom stereocenters. The highest BCUT2D eigenvalue weighted by molar-refractivity contribution is 8.21. The fourth-order valence-electron chi connectivity index (χ4n) is 1.07. The Hall–Kier alpha value is -0.740. The van der Waals surface area contributed by atoms with Crippen molar-refractivity contribution in [3.63, 3.8) is 0 Å². The molecule has 0 saturated carbocycles. The van der Waals surface area contributed by atoms with Crippen LogP contribution in [-0.4, -0.2) is 18.3 Å². The summed E-state index contributed by atoms with van der Waals surface area (Å²) < 4.78 is 14.1. The zero-order chi connectivity index (χ0) is 11.3. The van der Waals surface area contributed by atoms with Crippen LogP contribution in [0.5, 0.6) is 0 Å². The first-order valence-electron chi connectivity index (χ1n) is 4.28. The van der Waals surface area contributed by atoms with E-state index in [1.165, 1.54) is 23.5 Å². The smallest absolute Gasteiger partial charge is 0.223 e. The Bertz CT molecular complexity index is 367. The molecule has 0 fully saturated rings. The minimum atomic E-state index is -0.666. The van der Waals surface area contributed by atoms with Crippen molar-refractivity contribution < 1.29 is 9.18 Å². The van der Waals surface area contributed by atoms with Crippen molar-refractivity contribution >= 4 is 29.3 Å². The summed E-state index contributed by atoms with van der Waals surface area (Å²) in [5.74, 6) is -1.21. The number of ketones is 1. The number of halogens is 1. The topological polar surface area (TPSA) is 17.1 Å². The van der Waals surface area contributed by atoms with Crippen LogP contribution >= 0.6 is 23.5 Å². The standard InChI is InChI=1S/C11H11FOS2/c1-14-11(15-2)9(12)10(13)8-6-4-3-5-7-8/h3-7H,1-2H3. The minimum absolute atomic E-state index is 0.385. The second-order valence-electron chi connectivity index (χ2n) is 2.70. The Labute approximate surface area is 97.1 Å². The summed E-state index contributed by atoms with van der Waals surface area (Å²) in [6, 6.07) is 8.46. The van der Waals surface area contributed by atoms with Gasteiger partial charge in [-0.3, -0.25) is 4.79 Å². The van der Waals surface area contributed by atoms with Gasteiger partial charge in [0.2, 0.25) is 5.78 Å². The van der Waals surface area contributed by atoms with Gasteiger partial charge in [0.05, 0.1) is 4.24 Å². The van der Waals surface area contributed by atoms with Crippen LogP contribution in [-0.2, 0) is 0 Å². The molecule has 0 amide bonds. The van der Waals surface area contributed by atoms with Crippen LogP contribution in [0, 0.1) is 0 Å². The molecule has 0 heterocycles. The first-order chi connectivity index (χ1) is 7.20. The normalized spacial score (nSPS) is 9.80. The molecule has 0 aliphatic carbocycles. The van der Waals surface area contributed by atoms with Gasteiger partial charge in [0.25, 0.3) is 0 Å². The van der Waals surface area contributed by atoms with E-state index in [9.17, 15) is 9.18 Å². The van der Waals surface area contributed by atoms with Crippen LogP contribution < -0.4 is 0 Å². The van der Waals surface area contributed by atoms with Gasteiger partial charge in [-0.25, -0.2) is 4.39 Å².